The molecule has 1 aliphatic carbocycles. The molecule has 2 atom stereocenters. The van der Waals surface area contributed by atoms with Crippen molar-refractivity contribution in [2.45, 2.75) is 51.1 Å². The molecule has 6 rings (SSSR count). The number of aryl methyl sites for hydroxylation is 2. The average molecular weight is 466 g/mol. The Hall–Kier alpha value is -3.71. The molecule has 7 heteroatoms. The van der Waals surface area contributed by atoms with E-state index in [1.165, 1.54) is 34.4 Å². The Bertz CT molecular complexity index is 1340. The fourth-order valence-electron chi connectivity index (χ4n) is 5.32. The lowest BCUT2D eigenvalue weighted by Crippen LogP contribution is -2.14. The molecule has 35 heavy (non-hydrogen) atoms. The molecule has 1 aliphatic heterocycles. The summed E-state index contributed by atoms with van der Waals surface area (Å²) >= 11 is 0. The van der Waals surface area contributed by atoms with Crippen LogP contribution in [-0.2, 0) is 12.8 Å². The number of H-pyrrole nitrogens is 2. The van der Waals surface area contributed by atoms with Gasteiger partial charge in [0.15, 0.2) is 0 Å². The monoisotopic (exact) mass is 465 g/mol. The summed E-state index contributed by atoms with van der Waals surface area (Å²) in [5.41, 5.74) is 12.5. The molecular weight excluding hydrogens is 434 g/mol. The van der Waals surface area contributed by atoms with Crippen LogP contribution in [0.2, 0.25) is 0 Å². The summed E-state index contributed by atoms with van der Waals surface area (Å²) in [6, 6.07) is 15.9. The molecule has 4 N–H and O–H groups in total. The molecule has 1 saturated heterocycles. The van der Waals surface area contributed by atoms with Crippen molar-refractivity contribution in [3.8, 4) is 33.6 Å². The molecule has 2 aliphatic rings. The number of aromatic amines is 2. The second-order valence-corrected chi connectivity index (χ2v) is 9.59. The van der Waals surface area contributed by atoms with Crippen molar-refractivity contribution in [1.29, 1.82) is 0 Å². The van der Waals surface area contributed by atoms with E-state index in [2.05, 4.69) is 80.0 Å². The first kappa shape index (κ1) is 21.8. The van der Waals surface area contributed by atoms with Crippen molar-refractivity contribution < 1.29 is 0 Å². The maximum absolute atomic E-state index is 4.93. The number of rotatable bonds is 6. The smallest absolute Gasteiger partial charge is 0.130 e. The molecule has 0 amide bonds. The minimum atomic E-state index is 0.000965. The van der Waals surface area contributed by atoms with Gasteiger partial charge in [0.1, 0.15) is 11.6 Å². The maximum Gasteiger partial charge on any atom is 0.130 e. The number of fused-ring (bicyclic) bond motifs is 3. The van der Waals surface area contributed by atoms with Crippen LogP contribution in [0.3, 0.4) is 0 Å². The largest absolute Gasteiger partial charge is 0.344 e. The van der Waals surface area contributed by atoms with E-state index in [9.17, 15) is 0 Å². The van der Waals surface area contributed by atoms with Gasteiger partial charge in [-0.2, -0.15) is 5.10 Å². The van der Waals surface area contributed by atoms with Gasteiger partial charge in [-0.3, -0.25) is 0 Å². The van der Waals surface area contributed by atoms with E-state index in [1.807, 2.05) is 13.1 Å². The third-order valence-electron chi connectivity index (χ3n) is 7.24. The van der Waals surface area contributed by atoms with Gasteiger partial charge in [-0.25, -0.2) is 9.97 Å². The first-order chi connectivity index (χ1) is 17.2. The molecule has 1 fully saturated rings. The number of aromatic nitrogens is 4. The lowest BCUT2D eigenvalue weighted by atomic mass is 9.95. The van der Waals surface area contributed by atoms with Crippen LogP contribution in [0.25, 0.3) is 33.6 Å². The molecule has 0 radical (unpaired) electrons. The fraction of sp³-hybridized carbons (Fsp3) is 0.321. The minimum absolute atomic E-state index is 0.000965. The van der Waals surface area contributed by atoms with Crippen LogP contribution in [0, 0.1) is 0 Å². The standard InChI is InChI=1S/C28H31N7/c1-17(35-29-2)27-32-23-6-3-5-21-15-20(12-13-22(21)26(23)34-27)18-8-10-19(11-9-18)25-16-31-28(33-25)24-7-4-14-30-24/h8-13,15-17,24,30,35H,2-7,14H2,1H3,(H,31,33)(H,32,34)/t17-,24-/m0/s1. The van der Waals surface area contributed by atoms with Crippen LogP contribution in [0.5, 0.6) is 0 Å². The van der Waals surface area contributed by atoms with Crippen molar-refractivity contribution in [1.82, 2.24) is 30.7 Å². The molecular formula is C28H31N7. The number of hydrogen-bond acceptors (Lipinski definition) is 5. The summed E-state index contributed by atoms with van der Waals surface area (Å²) in [6.45, 7) is 6.64. The molecule has 0 spiro atoms. The van der Waals surface area contributed by atoms with Crippen LogP contribution in [-0.4, -0.2) is 33.2 Å². The van der Waals surface area contributed by atoms with Crippen LogP contribution in [0.1, 0.15) is 61.2 Å². The Morgan fingerprint density at radius 3 is 2.66 bits per heavy atom. The highest BCUT2D eigenvalue weighted by molar-refractivity contribution is 5.75. The number of hydrogen-bond donors (Lipinski definition) is 4. The summed E-state index contributed by atoms with van der Waals surface area (Å²) < 4.78 is 0. The van der Waals surface area contributed by atoms with E-state index in [0.29, 0.717) is 6.04 Å². The van der Waals surface area contributed by atoms with E-state index < -0.39 is 0 Å². The van der Waals surface area contributed by atoms with Gasteiger partial charge in [-0.1, -0.05) is 42.5 Å². The van der Waals surface area contributed by atoms with Crippen LogP contribution >= 0.6 is 0 Å². The average Bonchev–Trinajstić information content (AvgIpc) is 3.64. The lowest BCUT2D eigenvalue weighted by Gasteiger charge is -2.10. The number of nitrogens with one attached hydrogen (secondary N) is 4. The van der Waals surface area contributed by atoms with Gasteiger partial charge in [-0.15, -0.1) is 0 Å². The summed E-state index contributed by atoms with van der Waals surface area (Å²) in [7, 11) is 0. The molecule has 0 saturated carbocycles. The van der Waals surface area contributed by atoms with Gasteiger partial charge in [0.25, 0.3) is 0 Å². The second kappa shape index (κ2) is 9.15. The van der Waals surface area contributed by atoms with Gasteiger partial charge < -0.3 is 20.7 Å². The predicted molar refractivity (Wildman–Crippen MR) is 140 cm³/mol. The molecule has 0 bridgehead atoms. The summed E-state index contributed by atoms with van der Waals surface area (Å²) in [5, 5.41) is 7.31. The van der Waals surface area contributed by atoms with Crippen molar-refractivity contribution in [3.05, 3.63) is 71.6 Å². The Kier molecular flexibility index (Phi) is 5.70. The summed E-state index contributed by atoms with van der Waals surface area (Å²) in [4.78, 5) is 16.6. The predicted octanol–water partition coefficient (Wildman–Crippen LogP) is 5.31. The summed E-state index contributed by atoms with van der Waals surface area (Å²) in [6.07, 6.45) is 7.45. The van der Waals surface area contributed by atoms with Gasteiger partial charge >= 0.3 is 0 Å². The highest BCUT2D eigenvalue weighted by Gasteiger charge is 2.22. The third kappa shape index (κ3) is 4.17. The van der Waals surface area contributed by atoms with Crippen molar-refractivity contribution >= 4 is 6.72 Å². The van der Waals surface area contributed by atoms with Crippen LogP contribution < -0.4 is 10.7 Å². The number of nitrogens with zero attached hydrogens (tertiary/aromatic N) is 3. The summed E-state index contributed by atoms with van der Waals surface area (Å²) in [5.74, 6) is 1.94. The lowest BCUT2D eigenvalue weighted by molar-refractivity contribution is 0.579. The Balaban J connectivity index is 1.26. The fourth-order valence-corrected chi connectivity index (χ4v) is 5.32. The maximum atomic E-state index is 4.93. The first-order valence-corrected chi connectivity index (χ1v) is 12.5. The van der Waals surface area contributed by atoms with E-state index in [4.69, 9.17) is 4.98 Å². The topological polar surface area (TPSA) is 93.8 Å². The molecule has 178 valence electrons. The normalized spacial score (nSPS) is 17.9. The van der Waals surface area contributed by atoms with Gasteiger partial charge in [0.2, 0.25) is 0 Å². The van der Waals surface area contributed by atoms with E-state index >= 15 is 0 Å². The first-order valence-electron chi connectivity index (χ1n) is 12.5. The van der Waals surface area contributed by atoms with E-state index in [0.717, 1.165) is 60.8 Å². The third-order valence-corrected chi connectivity index (χ3v) is 7.24. The highest BCUT2D eigenvalue weighted by atomic mass is 15.3. The molecule has 2 aromatic heterocycles. The SMILES string of the molecule is C=NN[C@@H](C)c1nc2c([nH]1)CCCc1cc(-c3ccc(-c4cnc([C@@H]5CCCN5)[nH]4)cc3)ccc1-2. The molecule has 3 heterocycles. The zero-order valence-corrected chi connectivity index (χ0v) is 20.1. The van der Waals surface area contributed by atoms with Gasteiger partial charge in [0.05, 0.1) is 29.7 Å². The van der Waals surface area contributed by atoms with Gasteiger partial charge in [0, 0.05) is 18.0 Å². The number of benzene rings is 2. The Labute approximate surface area is 205 Å². The van der Waals surface area contributed by atoms with Crippen molar-refractivity contribution in [2.24, 2.45) is 5.10 Å². The Morgan fingerprint density at radius 1 is 1.03 bits per heavy atom. The van der Waals surface area contributed by atoms with E-state index in [1.54, 1.807) is 0 Å². The van der Waals surface area contributed by atoms with Crippen LogP contribution in [0.4, 0.5) is 0 Å². The molecule has 2 aromatic carbocycles. The van der Waals surface area contributed by atoms with Crippen molar-refractivity contribution in [2.75, 3.05) is 6.54 Å². The minimum Gasteiger partial charge on any atom is -0.344 e. The zero-order chi connectivity index (χ0) is 23.8. The Morgan fingerprint density at radius 2 is 1.86 bits per heavy atom. The number of hydrazone groups is 1. The zero-order valence-electron chi connectivity index (χ0n) is 20.1. The molecule has 0 unspecified atom stereocenters. The van der Waals surface area contributed by atoms with E-state index in [-0.39, 0.29) is 6.04 Å². The second-order valence-electron chi connectivity index (χ2n) is 9.59. The molecule has 7 nitrogen and oxygen atoms in total. The van der Waals surface area contributed by atoms with Gasteiger partial charge in [-0.05, 0) is 67.8 Å². The van der Waals surface area contributed by atoms with Crippen molar-refractivity contribution in [3.63, 3.8) is 0 Å². The quantitative estimate of drug-likeness (QED) is 0.229. The van der Waals surface area contributed by atoms with Crippen LogP contribution in [0.15, 0.2) is 53.8 Å². The number of imidazole rings is 2. The molecule has 4 aromatic rings. The highest BCUT2D eigenvalue weighted by Crippen LogP contribution is 2.35.